The second-order valence-electron chi connectivity index (χ2n) is 7.52. The van der Waals surface area contributed by atoms with E-state index in [1.165, 1.54) is 42.3 Å². The predicted octanol–water partition coefficient (Wildman–Crippen LogP) is 6.82. The third-order valence-electron chi connectivity index (χ3n) is 5.13. The number of nitrogens with zero attached hydrogens (tertiary/aromatic N) is 3. The Hall–Kier alpha value is -3.18. The zero-order valence-corrected chi connectivity index (χ0v) is 22.5. The predicted molar refractivity (Wildman–Crippen MR) is 146 cm³/mol. The molecular formula is C25H19Cl2FN4O3S2. The van der Waals surface area contributed by atoms with Gasteiger partial charge in [-0.05, 0) is 35.9 Å². The van der Waals surface area contributed by atoms with Gasteiger partial charge in [-0.15, -0.1) is 28.1 Å². The topological polar surface area (TPSA) is 86.1 Å². The van der Waals surface area contributed by atoms with Crippen molar-refractivity contribution in [1.82, 2.24) is 14.8 Å². The van der Waals surface area contributed by atoms with Gasteiger partial charge in [0.2, 0.25) is 5.91 Å². The summed E-state index contributed by atoms with van der Waals surface area (Å²) in [6.45, 7) is 4.19. The van der Waals surface area contributed by atoms with E-state index in [9.17, 15) is 14.0 Å². The summed E-state index contributed by atoms with van der Waals surface area (Å²) in [6.07, 6.45) is 1.69. The number of hydrogen-bond acceptors (Lipinski definition) is 7. The fraction of sp³-hybridized carbons (Fsp3) is 0.120. The van der Waals surface area contributed by atoms with Crippen LogP contribution in [0.1, 0.15) is 10.4 Å². The van der Waals surface area contributed by atoms with E-state index in [2.05, 4.69) is 22.1 Å². The average molecular weight is 577 g/mol. The van der Waals surface area contributed by atoms with Gasteiger partial charge in [-0.1, -0.05) is 53.2 Å². The summed E-state index contributed by atoms with van der Waals surface area (Å²) >= 11 is 14.5. The van der Waals surface area contributed by atoms with E-state index in [1.807, 2.05) is 4.57 Å². The number of hydrogen-bond donors (Lipinski definition) is 1. The molecule has 1 amide bonds. The molecule has 2 aromatic carbocycles. The van der Waals surface area contributed by atoms with Crippen molar-refractivity contribution < 1.29 is 18.7 Å². The lowest BCUT2D eigenvalue weighted by Gasteiger charge is -2.09. The van der Waals surface area contributed by atoms with Gasteiger partial charge in [-0.2, -0.15) is 0 Å². The SMILES string of the molecule is C=CCn1c(SCC(=O)Nc2scc(-c3ccc(F)cc3)c2C(=O)OC)nnc1-c1ccc(Cl)c(Cl)c1. The zero-order valence-electron chi connectivity index (χ0n) is 19.3. The first kappa shape index (κ1) is 26.9. The number of amides is 1. The van der Waals surface area contributed by atoms with Crippen molar-refractivity contribution in [3.8, 4) is 22.5 Å². The fourth-order valence-corrected chi connectivity index (χ4v) is 5.45. The van der Waals surface area contributed by atoms with Crippen LogP contribution in [0.5, 0.6) is 0 Å². The maximum absolute atomic E-state index is 13.4. The van der Waals surface area contributed by atoms with Gasteiger partial charge in [0, 0.05) is 23.1 Å². The van der Waals surface area contributed by atoms with Crippen molar-refractivity contribution in [2.45, 2.75) is 11.7 Å². The van der Waals surface area contributed by atoms with Gasteiger partial charge < -0.3 is 10.1 Å². The van der Waals surface area contributed by atoms with Crippen molar-refractivity contribution >= 4 is 63.2 Å². The van der Waals surface area contributed by atoms with Crippen LogP contribution in [0.25, 0.3) is 22.5 Å². The van der Waals surface area contributed by atoms with Crippen LogP contribution in [-0.2, 0) is 16.1 Å². The number of halogens is 3. The molecule has 0 fully saturated rings. The molecule has 190 valence electrons. The van der Waals surface area contributed by atoms with Crippen LogP contribution in [-0.4, -0.2) is 39.5 Å². The Morgan fingerprint density at radius 1 is 1.16 bits per heavy atom. The van der Waals surface area contributed by atoms with Crippen molar-refractivity contribution in [3.63, 3.8) is 0 Å². The molecule has 1 N–H and O–H groups in total. The highest BCUT2D eigenvalue weighted by Crippen LogP contribution is 2.36. The minimum absolute atomic E-state index is 0.00104. The van der Waals surface area contributed by atoms with Crippen LogP contribution in [0.15, 0.2) is 65.7 Å². The Labute approximate surface area is 230 Å². The molecule has 37 heavy (non-hydrogen) atoms. The van der Waals surface area contributed by atoms with E-state index < -0.39 is 11.8 Å². The quantitative estimate of drug-likeness (QED) is 0.133. The Morgan fingerprint density at radius 3 is 2.57 bits per heavy atom. The first-order valence-corrected chi connectivity index (χ1v) is 13.3. The molecule has 0 aliphatic rings. The molecule has 0 saturated carbocycles. The molecule has 0 aliphatic heterocycles. The second kappa shape index (κ2) is 11.9. The molecule has 2 heterocycles. The first-order valence-electron chi connectivity index (χ1n) is 10.7. The second-order valence-corrected chi connectivity index (χ2v) is 10.2. The van der Waals surface area contributed by atoms with Crippen molar-refractivity contribution in [1.29, 1.82) is 0 Å². The number of thioether (sulfide) groups is 1. The number of allylic oxidation sites excluding steroid dienone is 1. The number of benzene rings is 2. The lowest BCUT2D eigenvalue weighted by atomic mass is 10.0. The number of nitrogens with one attached hydrogen (secondary N) is 1. The highest BCUT2D eigenvalue weighted by atomic mass is 35.5. The normalized spacial score (nSPS) is 10.8. The summed E-state index contributed by atoms with van der Waals surface area (Å²) in [4.78, 5) is 25.4. The van der Waals surface area contributed by atoms with E-state index in [0.717, 1.165) is 5.56 Å². The number of ether oxygens (including phenoxy) is 1. The summed E-state index contributed by atoms with van der Waals surface area (Å²) in [5, 5.41) is 14.6. The van der Waals surface area contributed by atoms with Crippen LogP contribution in [0.2, 0.25) is 10.0 Å². The molecule has 0 radical (unpaired) electrons. The van der Waals surface area contributed by atoms with E-state index in [4.69, 9.17) is 27.9 Å². The van der Waals surface area contributed by atoms with Crippen LogP contribution in [0.3, 0.4) is 0 Å². The summed E-state index contributed by atoms with van der Waals surface area (Å²) < 4.78 is 20.1. The Kier molecular flexibility index (Phi) is 8.65. The molecule has 0 spiro atoms. The van der Waals surface area contributed by atoms with Crippen molar-refractivity contribution in [2.75, 3.05) is 18.2 Å². The highest BCUT2D eigenvalue weighted by molar-refractivity contribution is 7.99. The molecule has 0 bridgehead atoms. The maximum atomic E-state index is 13.4. The van der Waals surface area contributed by atoms with Gasteiger partial charge in [-0.25, -0.2) is 9.18 Å². The van der Waals surface area contributed by atoms with Crippen molar-refractivity contribution in [2.24, 2.45) is 0 Å². The van der Waals surface area contributed by atoms with Gasteiger partial charge in [0.25, 0.3) is 0 Å². The Balaban J connectivity index is 1.53. The molecule has 7 nitrogen and oxygen atoms in total. The summed E-state index contributed by atoms with van der Waals surface area (Å²) in [5.74, 6) is -0.805. The molecule has 0 atom stereocenters. The third kappa shape index (κ3) is 6.04. The number of esters is 1. The third-order valence-corrected chi connectivity index (χ3v) is 7.73. The van der Waals surface area contributed by atoms with E-state index in [-0.39, 0.29) is 17.2 Å². The number of thiophene rings is 1. The van der Waals surface area contributed by atoms with Crippen molar-refractivity contribution in [3.05, 3.63) is 81.9 Å². The average Bonchev–Trinajstić information content (AvgIpc) is 3.49. The summed E-state index contributed by atoms with van der Waals surface area (Å²) in [7, 11) is 1.26. The van der Waals surface area contributed by atoms with Gasteiger partial charge in [0.1, 0.15) is 16.4 Å². The lowest BCUT2D eigenvalue weighted by Crippen LogP contribution is -2.16. The maximum Gasteiger partial charge on any atom is 0.341 e. The summed E-state index contributed by atoms with van der Waals surface area (Å²) in [5.41, 5.74) is 2.08. The fourth-order valence-electron chi connectivity index (χ4n) is 3.43. The van der Waals surface area contributed by atoms with Crippen LogP contribution < -0.4 is 5.32 Å². The van der Waals surface area contributed by atoms with E-state index in [1.54, 1.807) is 41.8 Å². The zero-order chi connectivity index (χ0) is 26.5. The van der Waals surface area contributed by atoms with E-state index >= 15 is 0 Å². The highest BCUT2D eigenvalue weighted by Gasteiger charge is 2.23. The molecule has 4 rings (SSSR count). The van der Waals surface area contributed by atoms with Crippen LogP contribution >= 0.6 is 46.3 Å². The van der Waals surface area contributed by atoms with Crippen LogP contribution in [0, 0.1) is 5.82 Å². The monoisotopic (exact) mass is 576 g/mol. The summed E-state index contributed by atoms with van der Waals surface area (Å²) in [6, 6.07) is 10.9. The molecule has 4 aromatic rings. The number of carbonyl (C=O) groups excluding carboxylic acids is 2. The lowest BCUT2D eigenvalue weighted by molar-refractivity contribution is -0.113. The molecule has 0 unspecified atom stereocenters. The largest absolute Gasteiger partial charge is 0.465 e. The van der Waals surface area contributed by atoms with Gasteiger partial charge >= 0.3 is 5.97 Å². The Morgan fingerprint density at radius 2 is 1.89 bits per heavy atom. The number of methoxy groups -OCH3 is 1. The standard InChI is InChI=1S/C25H19Cl2FN4O3S2/c1-3-10-32-22(15-6-9-18(26)19(27)11-15)30-31-25(32)37-13-20(33)29-23-21(24(34)35-2)17(12-36-23)14-4-7-16(28)8-5-14/h3-9,11-12H,1,10,13H2,2H3,(H,29,33). The molecular weight excluding hydrogens is 558 g/mol. The minimum Gasteiger partial charge on any atom is -0.465 e. The Bertz CT molecular complexity index is 1470. The number of aromatic nitrogens is 3. The van der Waals surface area contributed by atoms with E-state index in [0.29, 0.717) is 43.7 Å². The number of carbonyl (C=O) groups is 2. The minimum atomic E-state index is -0.611. The number of anilines is 1. The van der Waals surface area contributed by atoms with Gasteiger partial charge in [-0.3, -0.25) is 9.36 Å². The molecule has 12 heteroatoms. The van der Waals surface area contributed by atoms with Gasteiger partial charge in [0.05, 0.1) is 22.9 Å². The molecule has 2 aromatic heterocycles. The molecule has 0 aliphatic carbocycles. The van der Waals surface area contributed by atoms with Gasteiger partial charge in [0.15, 0.2) is 11.0 Å². The first-order chi connectivity index (χ1) is 17.8. The van der Waals surface area contributed by atoms with Crippen LogP contribution in [0.4, 0.5) is 9.39 Å². The molecule has 0 saturated heterocycles. The number of rotatable bonds is 9. The smallest absolute Gasteiger partial charge is 0.341 e.